The average molecular weight is 237 g/mol. The van der Waals surface area contributed by atoms with E-state index in [2.05, 4.69) is 5.32 Å². The molecule has 2 aliphatic rings. The van der Waals surface area contributed by atoms with Crippen molar-refractivity contribution in [2.45, 2.75) is 25.3 Å². The monoisotopic (exact) mass is 237 g/mol. The third-order valence-electron chi connectivity index (χ3n) is 4.48. The molecule has 0 radical (unpaired) electrons. The van der Waals surface area contributed by atoms with Gasteiger partial charge in [0.25, 0.3) is 0 Å². The maximum Gasteiger partial charge on any atom is 0.130 e. The summed E-state index contributed by atoms with van der Waals surface area (Å²) in [6.07, 6.45) is 3.73. The van der Waals surface area contributed by atoms with Crippen molar-refractivity contribution in [1.29, 1.82) is 0 Å². The molecule has 92 valence electrons. The lowest BCUT2D eigenvalue weighted by atomic mass is 9.96. The van der Waals surface area contributed by atoms with Crippen molar-refractivity contribution in [2.24, 2.45) is 17.8 Å². The normalized spacial score (nSPS) is 32.3. The number of halogens is 2. The SMILES string of the molecule is CNC(c1c(F)cccc1F)C1C2CCCC21. The van der Waals surface area contributed by atoms with E-state index in [1.165, 1.54) is 37.5 Å². The highest BCUT2D eigenvalue weighted by molar-refractivity contribution is 5.27. The Hall–Kier alpha value is -0.960. The Kier molecular flexibility index (Phi) is 2.66. The molecule has 0 amide bonds. The Labute approximate surface area is 100 Å². The third-order valence-corrected chi connectivity index (χ3v) is 4.48. The van der Waals surface area contributed by atoms with Crippen molar-refractivity contribution in [1.82, 2.24) is 5.32 Å². The van der Waals surface area contributed by atoms with Crippen molar-refractivity contribution in [3.8, 4) is 0 Å². The Morgan fingerprint density at radius 3 is 2.29 bits per heavy atom. The summed E-state index contributed by atoms with van der Waals surface area (Å²) in [7, 11) is 1.80. The summed E-state index contributed by atoms with van der Waals surface area (Å²) in [5.41, 5.74) is 0.231. The summed E-state index contributed by atoms with van der Waals surface area (Å²) in [5, 5.41) is 3.11. The van der Waals surface area contributed by atoms with Crippen LogP contribution in [0.1, 0.15) is 30.9 Å². The fraction of sp³-hybridized carbons (Fsp3) is 0.571. The van der Waals surface area contributed by atoms with Crippen molar-refractivity contribution in [3.63, 3.8) is 0 Å². The van der Waals surface area contributed by atoms with Gasteiger partial charge in [0, 0.05) is 11.6 Å². The lowest BCUT2D eigenvalue weighted by Gasteiger charge is -2.19. The van der Waals surface area contributed by atoms with Gasteiger partial charge in [0.05, 0.1) is 0 Å². The molecule has 1 aromatic carbocycles. The molecule has 17 heavy (non-hydrogen) atoms. The molecule has 1 nitrogen and oxygen atoms in total. The zero-order chi connectivity index (χ0) is 12.0. The average Bonchev–Trinajstić information content (AvgIpc) is 2.78. The van der Waals surface area contributed by atoms with Gasteiger partial charge in [0.15, 0.2) is 0 Å². The van der Waals surface area contributed by atoms with E-state index in [9.17, 15) is 8.78 Å². The van der Waals surface area contributed by atoms with Crippen LogP contribution in [0, 0.1) is 29.4 Å². The van der Waals surface area contributed by atoms with E-state index in [-0.39, 0.29) is 11.6 Å². The molecular weight excluding hydrogens is 220 g/mol. The molecule has 0 bridgehead atoms. The second-order valence-corrected chi connectivity index (χ2v) is 5.24. The number of hydrogen-bond donors (Lipinski definition) is 1. The van der Waals surface area contributed by atoms with E-state index >= 15 is 0 Å². The Bertz CT molecular complexity index is 402. The molecule has 3 unspecified atom stereocenters. The molecule has 3 rings (SSSR count). The molecule has 1 N–H and O–H groups in total. The van der Waals surface area contributed by atoms with Gasteiger partial charge in [-0.3, -0.25) is 0 Å². The van der Waals surface area contributed by atoms with Gasteiger partial charge < -0.3 is 5.32 Å². The highest BCUT2D eigenvalue weighted by Gasteiger charge is 2.56. The third kappa shape index (κ3) is 1.68. The van der Waals surface area contributed by atoms with E-state index < -0.39 is 11.6 Å². The summed E-state index contributed by atoms with van der Waals surface area (Å²) in [6.45, 7) is 0. The van der Waals surface area contributed by atoms with Crippen LogP contribution >= 0.6 is 0 Å². The molecule has 0 saturated heterocycles. The van der Waals surface area contributed by atoms with Gasteiger partial charge in [-0.15, -0.1) is 0 Å². The number of hydrogen-bond acceptors (Lipinski definition) is 1. The first-order valence-corrected chi connectivity index (χ1v) is 6.35. The molecule has 1 aromatic rings. The molecule has 3 heteroatoms. The van der Waals surface area contributed by atoms with Crippen molar-refractivity contribution < 1.29 is 8.78 Å². The van der Waals surface area contributed by atoms with Crippen LogP contribution in [0.15, 0.2) is 18.2 Å². The molecule has 2 fully saturated rings. The van der Waals surface area contributed by atoms with E-state index in [1.54, 1.807) is 7.05 Å². The summed E-state index contributed by atoms with van der Waals surface area (Å²) in [4.78, 5) is 0. The molecule has 2 saturated carbocycles. The van der Waals surface area contributed by atoms with Crippen LogP contribution < -0.4 is 5.32 Å². The zero-order valence-corrected chi connectivity index (χ0v) is 9.92. The van der Waals surface area contributed by atoms with Crippen LogP contribution in [0.3, 0.4) is 0 Å². The van der Waals surface area contributed by atoms with Crippen molar-refractivity contribution in [2.75, 3.05) is 7.05 Å². The summed E-state index contributed by atoms with van der Waals surface area (Å²) < 4.78 is 27.5. The predicted molar refractivity (Wildman–Crippen MR) is 62.5 cm³/mol. The van der Waals surface area contributed by atoms with Gasteiger partial charge >= 0.3 is 0 Å². The Morgan fingerprint density at radius 1 is 1.18 bits per heavy atom. The maximum absolute atomic E-state index is 13.8. The molecule has 0 aromatic heterocycles. The Balaban J connectivity index is 1.91. The maximum atomic E-state index is 13.8. The van der Waals surface area contributed by atoms with Crippen LogP contribution in [-0.2, 0) is 0 Å². The minimum Gasteiger partial charge on any atom is -0.313 e. The van der Waals surface area contributed by atoms with Crippen LogP contribution in [0.25, 0.3) is 0 Å². The first-order valence-electron chi connectivity index (χ1n) is 6.35. The number of nitrogens with one attached hydrogen (secondary N) is 1. The number of rotatable bonds is 3. The van der Waals surface area contributed by atoms with Crippen LogP contribution in [0.2, 0.25) is 0 Å². The highest BCUT2D eigenvalue weighted by Crippen LogP contribution is 2.62. The van der Waals surface area contributed by atoms with Gasteiger partial charge in [-0.2, -0.15) is 0 Å². The second-order valence-electron chi connectivity index (χ2n) is 5.24. The van der Waals surface area contributed by atoms with Gasteiger partial charge in [-0.1, -0.05) is 12.5 Å². The summed E-state index contributed by atoms with van der Waals surface area (Å²) in [6, 6.07) is 3.96. The molecule has 0 aliphatic heterocycles. The fourth-order valence-electron chi connectivity index (χ4n) is 3.71. The summed E-state index contributed by atoms with van der Waals surface area (Å²) >= 11 is 0. The van der Waals surface area contributed by atoms with E-state index in [0.717, 1.165) is 0 Å². The number of benzene rings is 1. The predicted octanol–water partition coefficient (Wildman–Crippen LogP) is 3.27. The first kappa shape index (κ1) is 11.1. The quantitative estimate of drug-likeness (QED) is 0.850. The molecule has 2 aliphatic carbocycles. The van der Waals surface area contributed by atoms with E-state index in [1.807, 2.05) is 0 Å². The van der Waals surface area contributed by atoms with Gasteiger partial charge in [0.1, 0.15) is 11.6 Å². The van der Waals surface area contributed by atoms with Crippen LogP contribution in [0.5, 0.6) is 0 Å². The highest BCUT2D eigenvalue weighted by atomic mass is 19.1. The lowest BCUT2D eigenvalue weighted by molar-refractivity contribution is 0.409. The topological polar surface area (TPSA) is 12.0 Å². The van der Waals surface area contributed by atoms with Gasteiger partial charge in [-0.25, -0.2) is 8.78 Å². The number of fused-ring (bicyclic) bond motifs is 1. The van der Waals surface area contributed by atoms with Gasteiger partial charge in [0.2, 0.25) is 0 Å². The minimum atomic E-state index is -0.422. The molecule has 0 spiro atoms. The summed E-state index contributed by atoms with van der Waals surface area (Å²) in [5.74, 6) is 0.960. The van der Waals surface area contributed by atoms with Crippen LogP contribution in [0.4, 0.5) is 8.78 Å². The van der Waals surface area contributed by atoms with Crippen LogP contribution in [-0.4, -0.2) is 7.05 Å². The Morgan fingerprint density at radius 2 is 1.76 bits per heavy atom. The van der Waals surface area contributed by atoms with Crippen molar-refractivity contribution >= 4 is 0 Å². The van der Waals surface area contributed by atoms with E-state index in [4.69, 9.17) is 0 Å². The fourth-order valence-corrected chi connectivity index (χ4v) is 3.71. The standard InChI is InChI=1S/C14H17F2N/c1-17-14(12-8-4-2-5-9(8)12)13-10(15)6-3-7-11(13)16/h3,6-9,12,14,17H,2,4-5H2,1H3. The molecule has 3 atom stereocenters. The van der Waals surface area contributed by atoms with Crippen molar-refractivity contribution in [3.05, 3.63) is 35.4 Å². The minimum absolute atomic E-state index is 0.161. The van der Waals surface area contributed by atoms with Gasteiger partial charge in [-0.05, 0) is 49.8 Å². The second kappa shape index (κ2) is 4.05. The lowest BCUT2D eigenvalue weighted by Crippen LogP contribution is -2.23. The largest absolute Gasteiger partial charge is 0.313 e. The van der Waals surface area contributed by atoms with E-state index in [0.29, 0.717) is 17.8 Å². The zero-order valence-electron chi connectivity index (χ0n) is 9.92. The smallest absolute Gasteiger partial charge is 0.130 e. The first-order chi connectivity index (χ1) is 8.24. The molecular formula is C14H17F2N. The molecule has 0 heterocycles.